The Morgan fingerprint density at radius 1 is 0.976 bits per heavy atom. The molecule has 0 fully saturated rings. The summed E-state index contributed by atoms with van der Waals surface area (Å²) in [4.78, 5) is 27.4. The number of fused-ring (bicyclic) bond motifs is 1. The van der Waals surface area contributed by atoms with Crippen molar-refractivity contribution >= 4 is 23.5 Å². The Morgan fingerprint density at radius 3 is 2.17 bits per heavy atom. The summed E-state index contributed by atoms with van der Waals surface area (Å²) in [5.41, 5.74) is 3.99. The van der Waals surface area contributed by atoms with Gasteiger partial charge in [0.1, 0.15) is 5.60 Å². The highest BCUT2D eigenvalue weighted by Crippen LogP contribution is 2.44. The average Bonchev–Trinajstić information content (AvgIpc) is 3.34. The van der Waals surface area contributed by atoms with Crippen molar-refractivity contribution in [3.05, 3.63) is 130 Å². The van der Waals surface area contributed by atoms with E-state index >= 15 is 0 Å². The highest BCUT2D eigenvalue weighted by Gasteiger charge is 2.38. The quantitative estimate of drug-likeness (QED) is 0.205. The number of rotatable bonds is 11. The van der Waals surface area contributed by atoms with Gasteiger partial charge in [0.25, 0.3) is 5.91 Å². The van der Waals surface area contributed by atoms with Gasteiger partial charge in [-0.05, 0) is 47.9 Å². The summed E-state index contributed by atoms with van der Waals surface area (Å²) in [6, 6.07) is 31.2. The second-order valence-electron chi connectivity index (χ2n) is 11.0. The number of hydrogen-bond acceptors (Lipinski definition) is 4. The van der Waals surface area contributed by atoms with Gasteiger partial charge in [0.15, 0.2) is 11.5 Å². The SMILES string of the molecule is COc1cc(C(=O)N(CCC(=O)O)CC(c2ccccc2)c2ccccc2)cc2c1O[C@@](C)(Cc1ccc(Cl)cc1)C2. The van der Waals surface area contributed by atoms with E-state index in [1.54, 1.807) is 18.1 Å². The van der Waals surface area contributed by atoms with Crippen molar-refractivity contribution in [3.8, 4) is 11.5 Å². The third-order valence-electron chi connectivity index (χ3n) is 7.69. The van der Waals surface area contributed by atoms with E-state index in [1.165, 1.54) is 0 Å². The van der Waals surface area contributed by atoms with Crippen LogP contribution in [0.5, 0.6) is 11.5 Å². The van der Waals surface area contributed by atoms with E-state index in [0.717, 1.165) is 22.3 Å². The molecule has 0 saturated heterocycles. The van der Waals surface area contributed by atoms with Gasteiger partial charge >= 0.3 is 5.97 Å². The second-order valence-corrected chi connectivity index (χ2v) is 11.4. The molecule has 0 saturated carbocycles. The van der Waals surface area contributed by atoms with Crippen LogP contribution < -0.4 is 9.47 Å². The number of hydrogen-bond donors (Lipinski definition) is 1. The lowest BCUT2D eigenvalue weighted by Crippen LogP contribution is -2.37. The van der Waals surface area contributed by atoms with Crippen LogP contribution in [0.2, 0.25) is 5.02 Å². The third-order valence-corrected chi connectivity index (χ3v) is 7.94. The molecule has 0 aromatic heterocycles. The van der Waals surface area contributed by atoms with Crippen LogP contribution in [-0.4, -0.2) is 47.7 Å². The fourth-order valence-corrected chi connectivity index (χ4v) is 5.81. The predicted molar refractivity (Wildman–Crippen MR) is 164 cm³/mol. The lowest BCUT2D eigenvalue weighted by molar-refractivity contribution is -0.137. The molecule has 42 heavy (non-hydrogen) atoms. The first-order valence-electron chi connectivity index (χ1n) is 14.0. The van der Waals surface area contributed by atoms with Crippen molar-refractivity contribution in [1.82, 2.24) is 4.90 Å². The van der Waals surface area contributed by atoms with E-state index in [4.69, 9.17) is 21.1 Å². The van der Waals surface area contributed by atoms with Gasteiger partial charge in [0.05, 0.1) is 13.5 Å². The Morgan fingerprint density at radius 2 is 1.60 bits per heavy atom. The number of methoxy groups -OCH3 is 1. The molecule has 1 atom stereocenters. The molecule has 5 rings (SSSR count). The smallest absolute Gasteiger partial charge is 0.305 e. The van der Waals surface area contributed by atoms with Gasteiger partial charge in [-0.2, -0.15) is 0 Å². The number of carboxylic acid groups (broad SMARTS) is 1. The summed E-state index contributed by atoms with van der Waals surface area (Å²) in [5, 5.41) is 10.2. The Bertz CT molecular complexity index is 1500. The average molecular weight is 584 g/mol. The normalized spacial score (nSPS) is 15.6. The minimum Gasteiger partial charge on any atom is -0.493 e. The van der Waals surface area contributed by atoms with Gasteiger partial charge in [-0.1, -0.05) is 84.4 Å². The first-order chi connectivity index (χ1) is 20.2. The van der Waals surface area contributed by atoms with Crippen molar-refractivity contribution in [1.29, 1.82) is 0 Å². The second kappa shape index (κ2) is 12.7. The molecule has 1 aliphatic rings. The van der Waals surface area contributed by atoms with E-state index in [9.17, 15) is 14.7 Å². The zero-order valence-electron chi connectivity index (χ0n) is 23.8. The summed E-state index contributed by atoms with van der Waals surface area (Å²) in [6.07, 6.45) is 1.09. The molecule has 1 aliphatic heterocycles. The zero-order valence-corrected chi connectivity index (χ0v) is 24.5. The van der Waals surface area contributed by atoms with E-state index in [0.29, 0.717) is 41.5 Å². The van der Waals surface area contributed by atoms with Gasteiger partial charge in [0.2, 0.25) is 0 Å². The highest BCUT2D eigenvalue weighted by atomic mass is 35.5. The van der Waals surface area contributed by atoms with Crippen LogP contribution in [0.1, 0.15) is 51.9 Å². The topological polar surface area (TPSA) is 76.1 Å². The van der Waals surface area contributed by atoms with Crippen molar-refractivity contribution in [2.45, 2.75) is 37.7 Å². The standard InChI is InChI=1S/C35H34ClNO5/c1-35(21-24-13-15-29(36)16-14-24)22-28-19-27(20-31(41-2)33(28)42-35)34(40)37(18-17-32(38)39)23-30(25-9-5-3-6-10-25)26-11-7-4-8-12-26/h3-16,19-20,30H,17-18,21-23H2,1-2H3,(H,38,39)/t35-/m0/s1. The summed E-state index contributed by atoms with van der Waals surface area (Å²) in [6.45, 7) is 2.45. The van der Waals surface area contributed by atoms with Crippen molar-refractivity contribution in [2.24, 2.45) is 0 Å². The first-order valence-corrected chi connectivity index (χ1v) is 14.4. The van der Waals surface area contributed by atoms with Crippen LogP contribution >= 0.6 is 11.6 Å². The molecular formula is C35H34ClNO5. The van der Waals surface area contributed by atoms with Gasteiger partial charge in [-0.15, -0.1) is 0 Å². The van der Waals surface area contributed by atoms with Gasteiger partial charge in [0, 0.05) is 48.0 Å². The maximum atomic E-state index is 14.1. The molecule has 0 radical (unpaired) electrons. The van der Waals surface area contributed by atoms with Crippen LogP contribution in [0, 0.1) is 0 Å². The number of carbonyl (C=O) groups is 2. The Labute approximate surface area is 251 Å². The van der Waals surface area contributed by atoms with Crippen molar-refractivity contribution < 1.29 is 24.2 Å². The van der Waals surface area contributed by atoms with E-state index in [-0.39, 0.29) is 24.8 Å². The summed E-state index contributed by atoms with van der Waals surface area (Å²) < 4.78 is 12.1. The Balaban J connectivity index is 1.45. The fourth-order valence-electron chi connectivity index (χ4n) is 5.68. The van der Waals surface area contributed by atoms with Crippen LogP contribution in [0.4, 0.5) is 0 Å². The minimum absolute atomic E-state index is 0.0779. The lowest BCUT2D eigenvalue weighted by atomic mass is 9.90. The van der Waals surface area contributed by atoms with E-state index in [1.807, 2.05) is 97.9 Å². The van der Waals surface area contributed by atoms with Gasteiger partial charge in [-0.3, -0.25) is 9.59 Å². The number of amides is 1. The number of nitrogens with zero attached hydrogens (tertiary/aromatic N) is 1. The number of carbonyl (C=O) groups excluding carboxylic acids is 1. The number of halogens is 1. The number of ether oxygens (including phenoxy) is 2. The maximum absolute atomic E-state index is 14.1. The molecular weight excluding hydrogens is 550 g/mol. The third kappa shape index (κ3) is 6.77. The van der Waals surface area contributed by atoms with Crippen LogP contribution in [0.25, 0.3) is 0 Å². The number of carboxylic acids is 1. The van der Waals surface area contributed by atoms with Crippen LogP contribution in [0.3, 0.4) is 0 Å². The predicted octanol–water partition coefficient (Wildman–Crippen LogP) is 7.03. The molecule has 7 heteroatoms. The molecule has 4 aromatic rings. The van der Waals surface area contributed by atoms with Crippen LogP contribution in [0.15, 0.2) is 97.1 Å². The van der Waals surface area contributed by atoms with Gasteiger partial charge < -0.3 is 19.5 Å². The van der Waals surface area contributed by atoms with E-state index in [2.05, 4.69) is 0 Å². The van der Waals surface area contributed by atoms with Gasteiger partial charge in [-0.25, -0.2) is 0 Å². The summed E-state index contributed by atoms with van der Waals surface area (Å²) >= 11 is 6.07. The lowest BCUT2D eigenvalue weighted by Gasteiger charge is -2.28. The van der Waals surface area contributed by atoms with Crippen molar-refractivity contribution in [2.75, 3.05) is 20.2 Å². The number of benzene rings is 4. The maximum Gasteiger partial charge on any atom is 0.305 e. The molecule has 0 spiro atoms. The fraction of sp³-hybridized carbons (Fsp3) is 0.257. The largest absolute Gasteiger partial charge is 0.493 e. The molecule has 1 N–H and O–H groups in total. The first kappa shape index (κ1) is 29.2. The van der Waals surface area contributed by atoms with Crippen molar-refractivity contribution in [3.63, 3.8) is 0 Å². The van der Waals surface area contributed by atoms with E-state index < -0.39 is 11.6 Å². The molecule has 1 amide bonds. The zero-order chi connectivity index (χ0) is 29.7. The molecule has 0 aliphatic carbocycles. The molecule has 6 nitrogen and oxygen atoms in total. The summed E-state index contributed by atoms with van der Waals surface area (Å²) in [5.74, 6) is -0.222. The highest BCUT2D eigenvalue weighted by molar-refractivity contribution is 6.30. The number of aliphatic carboxylic acids is 1. The monoisotopic (exact) mass is 583 g/mol. The summed E-state index contributed by atoms with van der Waals surface area (Å²) in [7, 11) is 1.56. The molecule has 1 heterocycles. The molecule has 0 bridgehead atoms. The Hall–Kier alpha value is -4.29. The Kier molecular flexibility index (Phi) is 8.83. The van der Waals surface area contributed by atoms with Crippen LogP contribution in [-0.2, 0) is 17.6 Å². The molecule has 216 valence electrons. The molecule has 0 unspecified atom stereocenters. The molecule has 4 aromatic carbocycles. The minimum atomic E-state index is -0.957.